The Labute approximate surface area is 207 Å². The Morgan fingerprint density at radius 3 is 2.67 bits per heavy atom. The maximum Gasteiger partial charge on any atom is 0.415 e. The first-order chi connectivity index (χ1) is 17.1. The minimum absolute atomic E-state index is 0.00882. The van der Waals surface area contributed by atoms with Gasteiger partial charge in [0, 0.05) is 25.0 Å². The van der Waals surface area contributed by atoms with Crippen molar-refractivity contribution in [2.75, 3.05) is 13.1 Å². The van der Waals surface area contributed by atoms with Crippen LogP contribution in [0.5, 0.6) is 5.95 Å². The maximum absolute atomic E-state index is 13.5. The lowest BCUT2D eigenvalue weighted by Crippen LogP contribution is -2.53. The van der Waals surface area contributed by atoms with Crippen molar-refractivity contribution in [3.8, 4) is 5.95 Å². The minimum Gasteiger partial charge on any atom is -0.434 e. The number of Topliss-reactive ketones (excluding diaryl/α,β-unsaturated/α-hetero) is 1. The Hall–Kier alpha value is -3.58. The van der Waals surface area contributed by atoms with E-state index < -0.39 is 57.6 Å². The van der Waals surface area contributed by atoms with Gasteiger partial charge in [0.25, 0.3) is 21.1 Å². The highest BCUT2D eigenvalue weighted by molar-refractivity contribution is 8.04. The third-order valence-corrected chi connectivity index (χ3v) is 7.81. The van der Waals surface area contributed by atoms with Crippen molar-refractivity contribution in [2.24, 2.45) is 5.92 Å². The zero-order valence-electron chi connectivity index (χ0n) is 19.7. The number of carbonyl (C=O) groups is 4. The van der Waals surface area contributed by atoms with E-state index in [1.165, 1.54) is 41.6 Å². The quantitative estimate of drug-likeness (QED) is 0.569. The van der Waals surface area contributed by atoms with E-state index in [4.69, 9.17) is 9.15 Å². The van der Waals surface area contributed by atoms with Gasteiger partial charge in [0.05, 0.1) is 24.4 Å². The van der Waals surface area contributed by atoms with Gasteiger partial charge in [-0.2, -0.15) is 4.31 Å². The number of amides is 2. The van der Waals surface area contributed by atoms with Gasteiger partial charge >= 0.3 is 6.09 Å². The monoisotopic (exact) mass is 518 g/mol. The van der Waals surface area contributed by atoms with Gasteiger partial charge in [-0.3, -0.25) is 19.4 Å². The summed E-state index contributed by atoms with van der Waals surface area (Å²) in [6.07, 6.45) is 3.41. The molecule has 36 heavy (non-hydrogen) atoms. The summed E-state index contributed by atoms with van der Waals surface area (Å²) in [5, 5.41) is 1.36. The van der Waals surface area contributed by atoms with Crippen molar-refractivity contribution in [3.05, 3.63) is 48.5 Å². The van der Waals surface area contributed by atoms with Crippen LogP contribution in [0.4, 0.5) is 4.79 Å². The first kappa shape index (κ1) is 25.5. The van der Waals surface area contributed by atoms with Gasteiger partial charge in [-0.05, 0) is 37.0 Å². The number of sulfonamides is 1. The van der Waals surface area contributed by atoms with E-state index in [0.717, 1.165) is 10.5 Å². The molecular formula is C23H26N4O8S. The fraction of sp³-hybridized carbons (Fsp3) is 0.435. The molecule has 4 rings (SSSR count). The van der Waals surface area contributed by atoms with E-state index in [0.29, 0.717) is 0 Å². The standard InChI is InChI=1S/C23H26N4O8S/c1-14(2)11-16(25-23(31)35-19-6-4-10-34-19)21(29)26-9-7-17-20(26)18(28)13-27(17)36(32,33)22(30)15-5-3-8-24-12-15/h3-6,8,10,12,14,16-17,20H,7,9,11,13H2,1-2H3,(H,25,31). The fourth-order valence-corrected chi connectivity index (χ4v) is 6.06. The molecule has 2 aromatic heterocycles. The van der Waals surface area contributed by atoms with E-state index in [2.05, 4.69) is 10.3 Å². The van der Waals surface area contributed by atoms with Gasteiger partial charge in [-0.25, -0.2) is 13.2 Å². The molecule has 2 saturated heterocycles. The van der Waals surface area contributed by atoms with Crippen LogP contribution in [-0.4, -0.2) is 76.7 Å². The third kappa shape index (κ3) is 5.02. The number of aromatic nitrogens is 1. The fourth-order valence-electron chi connectivity index (χ4n) is 4.56. The van der Waals surface area contributed by atoms with E-state index in [-0.39, 0.29) is 36.8 Å². The highest BCUT2D eigenvalue weighted by Gasteiger charge is 2.55. The van der Waals surface area contributed by atoms with Crippen molar-refractivity contribution in [1.29, 1.82) is 0 Å². The number of rotatable bonds is 7. The Kier molecular flexibility index (Phi) is 7.22. The van der Waals surface area contributed by atoms with E-state index >= 15 is 0 Å². The Bertz CT molecular complexity index is 1250. The average molecular weight is 519 g/mol. The summed E-state index contributed by atoms with van der Waals surface area (Å²) in [7, 11) is -4.52. The number of fused-ring (bicyclic) bond motifs is 1. The minimum atomic E-state index is -4.52. The molecule has 0 aromatic carbocycles. The summed E-state index contributed by atoms with van der Waals surface area (Å²) in [6, 6.07) is 2.80. The van der Waals surface area contributed by atoms with Gasteiger partial charge in [0.2, 0.25) is 5.91 Å². The smallest absolute Gasteiger partial charge is 0.415 e. The van der Waals surface area contributed by atoms with Crippen LogP contribution in [-0.2, 0) is 19.6 Å². The van der Waals surface area contributed by atoms with Crippen molar-refractivity contribution in [1.82, 2.24) is 19.5 Å². The molecule has 3 unspecified atom stereocenters. The van der Waals surface area contributed by atoms with Crippen LogP contribution in [0.2, 0.25) is 0 Å². The molecule has 0 saturated carbocycles. The van der Waals surface area contributed by atoms with E-state index in [1.807, 2.05) is 13.8 Å². The molecule has 4 heterocycles. The highest BCUT2D eigenvalue weighted by atomic mass is 32.2. The van der Waals surface area contributed by atoms with Gasteiger partial charge in [0.1, 0.15) is 12.1 Å². The SMILES string of the molecule is CC(C)CC(NC(=O)Oc1ccco1)C(=O)N1CCC2C1C(=O)CN2S(=O)(=O)C(=O)c1cccnc1. The molecule has 1 N–H and O–H groups in total. The van der Waals surface area contributed by atoms with Crippen LogP contribution in [0.25, 0.3) is 0 Å². The largest absolute Gasteiger partial charge is 0.434 e. The molecule has 2 aliphatic rings. The topological polar surface area (TPSA) is 156 Å². The van der Waals surface area contributed by atoms with Gasteiger partial charge in [0.15, 0.2) is 5.78 Å². The summed E-state index contributed by atoms with van der Waals surface area (Å²) in [5.41, 5.74) is -0.115. The number of pyridine rings is 1. The molecular weight excluding hydrogens is 492 g/mol. The molecule has 0 bridgehead atoms. The lowest BCUT2D eigenvalue weighted by molar-refractivity contribution is -0.138. The molecule has 3 atom stereocenters. The third-order valence-electron chi connectivity index (χ3n) is 6.09. The molecule has 0 spiro atoms. The van der Waals surface area contributed by atoms with Crippen molar-refractivity contribution in [3.63, 3.8) is 0 Å². The van der Waals surface area contributed by atoms with Gasteiger partial charge in [-0.1, -0.05) is 13.8 Å². The number of ether oxygens (including phenoxy) is 1. The number of nitrogens with one attached hydrogen (secondary N) is 1. The summed E-state index contributed by atoms with van der Waals surface area (Å²) in [4.78, 5) is 56.5. The van der Waals surface area contributed by atoms with Crippen LogP contribution in [0.15, 0.2) is 47.3 Å². The lowest BCUT2D eigenvalue weighted by atomic mass is 10.0. The Morgan fingerprint density at radius 1 is 1.25 bits per heavy atom. The second kappa shape index (κ2) is 10.2. The second-order valence-corrected chi connectivity index (χ2v) is 10.8. The van der Waals surface area contributed by atoms with Crippen molar-refractivity contribution < 1.29 is 36.7 Å². The summed E-state index contributed by atoms with van der Waals surface area (Å²) >= 11 is 0. The van der Waals surface area contributed by atoms with E-state index in [9.17, 15) is 27.6 Å². The Balaban J connectivity index is 1.51. The number of nitrogens with zero attached hydrogens (tertiary/aromatic N) is 3. The molecule has 0 aliphatic carbocycles. The van der Waals surface area contributed by atoms with Crippen LogP contribution in [0.1, 0.15) is 37.0 Å². The zero-order valence-corrected chi connectivity index (χ0v) is 20.5. The predicted octanol–water partition coefficient (Wildman–Crippen LogP) is 1.20. The van der Waals surface area contributed by atoms with Crippen molar-refractivity contribution in [2.45, 2.75) is 44.8 Å². The molecule has 0 radical (unpaired) electrons. The molecule has 2 amide bonds. The molecule has 2 fully saturated rings. The van der Waals surface area contributed by atoms with Crippen LogP contribution >= 0.6 is 0 Å². The van der Waals surface area contributed by atoms with Crippen LogP contribution in [0.3, 0.4) is 0 Å². The first-order valence-electron chi connectivity index (χ1n) is 11.4. The Morgan fingerprint density at radius 2 is 2.03 bits per heavy atom. The normalized spacial score (nSPS) is 20.9. The number of likely N-dealkylation sites (tertiary alicyclic amines) is 1. The number of furan rings is 1. The number of hydrogen-bond donors (Lipinski definition) is 1. The first-order valence-corrected chi connectivity index (χ1v) is 12.8. The molecule has 2 aliphatic heterocycles. The molecule has 12 nitrogen and oxygen atoms in total. The average Bonchev–Trinajstić information content (AvgIpc) is 3.57. The number of ketones is 1. The predicted molar refractivity (Wildman–Crippen MR) is 124 cm³/mol. The zero-order chi connectivity index (χ0) is 26.0. The van der Waals surface area contributed by atoms with Crippen molar-refractivity contribution >= 4 is 32.9 Å². The summed E-state index contributed by atoms with van der Waals surface area (Å²) < 4.78 is 37.1. The summed E-state index contributed by atoms with van der Waals surface area (Å²) in [5.74, 6) is -1.06. The number of carbonyl (C=O) groups excluding carboxylic acids is 4. The van der Waals surface area contributed by atoms with Gasteiger partial charge < -0.3 is 19.4 Å². The summed E-state index contributed by atoms with van der Waals surface area (Å²) in [6.45, 7) is 3.31. The lowest BCUT2D eigenvalue weighted by Gasteiger charge is -2.28. The van der Waals surface area contributed by atoms with E-state index in [1.54, 1.807) is 0 Å². The molecule has 13 heteroatoms. The van der Waals surface area contributed by atoms with Gasteiger partial charge in [-0.15, -0.1) is 0 Å². The molecule has 192 valence electrons. The van der Waals surface area contributed by atoms with Crippen LogP contribution < -0.4 is 10.1 Å². The van der Waals surface area contributed by atoms with Crippen LogP contribution in [0, 0.1) is 5.92 Å². The molecule has 2 aromatic rings. The number of hydrogen-bond acceptors (Lipinski definition) is 9. The maximum atomic E-state index is 13.5. The second-order valence-electron chi connectivity index (χ2n) is 9.03. The highest BCUT2D eigenvalue weighted by Crippen LogP contribution is 2.33.